The van der Waals surface area contributed by atoms with Crippen molar-refractivity contribution >= 4 is 22.7 Å². The van der Waals surface area contributed by atoms with Gasteiger partial charge in [0.25, 0.3) is 0 Å². The highest BCUT2D eigenvalue weighted by atomic mass is 16.3. The number of carbonyl (C=O) groups excluding carboxylic acids is 1. The fraction of sp³-hybridized carbons (Fsp3) is 0.300. The van der Waals surface area contributed by atoms with E-state index in [9.17, 15) is 4.79 Å². The lowest BCUT2D eigenvalue weighted by Gasteiger charge is -2.10. The Kier molecular flexibility index (Phi) is 4.38. The number of anilines is 1. The van der Waals surface area contributed by atoms with E-state index < -0.39 is 0 Å². The van der Waals surface area contributed by atoms with Crippen LogP contribution in [0.4, 0.5) is 5.69 Å². The molecule has 1 N–H and O–H groups in total. The molecule has 0 saturated carbocycles. The van der Waals surface area contributed by atoms with Crippen molar-refractivity contribution in [1.82, 2.24) is 4.98 Å². The van der Waals surface area contributed by atoms with Crippen molar-refractivity contribution in [3.05, 3.63) is 47.0 Å². The van der Waals surface area contributed by atoms with Crippen LogP contribution < -0.4 is 5.32 Å². The Bertz CT molecular complexity index is 909. The Morgan fingerprint density at radius 1 is 1.21 bits per heavy atom. The number of hydrogen-bond donors (Lipinski definition) is 1. The molecule has 3 rings (SSSR count). The summed E-state index contributed by atoms with van der Waals surface area (Å²) in [5.74, 6) is 0.615. The Hall–Kier alpha value is -2.62. The molecular formula is C20H22N2O2. The van der Waals surface area contributed by atoms with Crippen LogP contribution in [0.5, 0.6) is 0 Å². The zero-order valence-corrected chi connectivity index (χ0v) is 14.6. The Morgan fingerprint density at radius 2 is 2.00 bits per heavy atom. The van der Waals surface area contributed by atoms with Gasteiger partial charge in [-0.2, -0.15) is 0 Å². The van der Waals surface area contributed by atoms with Gasteiger partial charge in [-0.1, -0.05) is 19.1 Å². The molecule has 0 saturated heterocycles. The van der Waals surface area contributed by atoms with Crippen molar-refractivity contribution in [3.8, 4) is 11.5 Å². The van der Waals surface area contributed by atoms with Crippen molar-refractivity contribution in [1.29, 1.82) is 0 Å². The maximum absolute atomic E-state index is 11.9. The molecule has 4 nitrogen and oxygen atoms in total. The number of aryl methyl sites for hydroxylation is 2. The summed E-state index contributed by atoms with van der Waals surface area (Å²) in [5.41, 5.74) is 6.59. The molecule has 0 fully saturated rings. The molecule has 124 valence electrons. The van der Waals surface area contributed by atoms with Crippen molar-refractivity contribution < 1.29 is 9.21 Å². The van der Waals surface area contributed by atoms with E-state index in [0.29, 0.717) is 12.3 Å². The van der Waals surface area contributed by atoms with Crippen molar-refractivity contribution in [2.75, 3.05) is 5.32 Å². The van der Waals surface area contributed by atoms with Gasteiger partial charge in [-0.3, -0.25) is 4.79 Å². The molecule has 0 radical (unpaired) electrons. The molecule has 3 aromatic rings. The number of fused-ring (bicyclic) bond motifs is 1. The van der Waals surface area contributed by atoms with E-state index in [1.54, 1.807) is 0 Å². The minimum Gasteiger partial charge on any atom is -0.436 e. The number of amides is 1. The molecule has 2 aromatic carbocycles. The quantitative estimate of drug-likeness (QED) is 0.722. The number of carbonyl (C=O) groups is 1. The fourth-order valence-electron chi connectivity index (χ4n) is 2.93. The summed E-state index contributed by atoms with van der Waals surface area (Å²) in [4.78, 5) is 16.5. The maximum Gasteiger partial charge on any atom is 0.227 e. The highest BCUT2D eigenvalue weighted by Gasteiger charge is 2.15. The lowest BCUT2D eigenvalue weighted by Crippen LogP contribution is -2.11. The molecule has 1 aromatic heterocycles. The minimum absolute atomic E-state index is 0.0294. The van der Waals surface area contributed by atoms with Crippen LogP contribution in [0.15, 0.2) is 34.7 Å². The molecule has 0 aliphatic rings. The summed E-state index contributed by atoms with van der Waals surface area (Å²) < 4.78 is 6.00. The second-order valence-electron chi connectivity index (χ2n) is 6.23. The van der Waals surface area contributed by atoms with Crippen LogP contribution >= 0.6 is 0 Å². The zero-order chi connectivity index (χ0) is 17.3. The van der Waals surface area contributed by atoms with Gasteiger partial charge in [-0.15, -0.1) is 0 Å². The summed E-state index contributed by atoms with van der Waals surface area (Å²) in [6.07, 6.45) is 1.35. The third kappa shape index (κ3) is 3.04. The van der Waals surface area contributed by atoms with Crippen LogP contribution in [0.2, 0.25) is 0 Å². The SMILES string of the molecule is CCCC(=O)Nc1cccc(-c2nc3cc(C)cc(C)c3o2)c1C. The van der Waals surface area contributed by atoms with Crippen LogP contribution in [0, 0.1) is 20.8 Å². The van der Waals surface area contributed by atoms with Crippen LogP contribution in [0.3, 0.4) is 0 Å². The average molecular weight is 322 g/mol. The molecule has 0 aliphatic carbocycles. The first-order chi connectivity index (χ1) is 11.5. The van der Waals surface area contributed by atoms with Gasteiger partial charge in [0.2, 0.25) is 11.8 Å². The minimum atomic E-state index is 0.0294. The fourth-order valence-corrected chi connectivity index (χ4v) is 2.93. The first kappa shape index (κ1) is 16.2. The van der Waals surface area contributed by atoms with E-state index >= 15 is 0 Å². The molecule has 0 aliphatic heterocycles. The highest BCUT2D eigenvalue weighted by molar-refractivity contribution is 5.92. The highest BCUT2D eigenvalue weighted by Crippen LogP contribution is 2.32. The predicted octanol–water partition coefficient (Wildman–Crippen LogP) is 5.16. The summed E-state index contributed by atoms with van der Waals surface area (Å²) in [5, 5.41) is 2.97. The zero-order valence-electron chi connectivity index (χ0n) is 14.6. The van der Waals surface area contributed by atoms with Gasteiger partial charge < -0.3 is 9.73 Å². The van der Waals surface area contributed by atoms with E-state index in [1.165, 1.54) is 0 Å². The summed E-state index contributed by atoms with van der Waals surface area (Å²) >= 11 is 0. The molecule has 0 spiro atoms. The lowest BCUT2D eigenvalue weighted by atomic mass is 10.1. The summed E-state index contributed by atoms with van der Waals surface area (Å²) in [7, 11) is 0. The van der Waals surface area contributed by atoms with Gasteiger partial charge in [0.1, 0.15) is 5.52 Å². The van der Waals surface area contributed by atoms with E-state index in [4.69, 9.17) is 4.42 Å². The van der Waals surface area contributed by atoms with Gasteiger partial charge in [0.05, 0.1) is 0 Å². The van der Waals surface area contributed by atoms with Crippen molar-refractivity contribution in [3.63, 3.8) is 0 Å². The Balaban J connectivity index is 2.03. The molecule has 24 heavy (non-hydrogen) atoms. The summed E-state index contributed by atoms with van der Waals surface area (Å²) in [6.45, 7) is 8.05. The molecule has 0 unspecified atom stereocenters. The van der Waals surface area contributed by atoms with Gasteiger partial charge >= 0.3 is 0 Å². The molecule has 0 atom stereocenters. The number of rotatable bonds is 4. The monoisotopic (exact) mass is 322 g/mol. The number of oxazole rings is 1. The van der Waals surface area contributed by atoms with Gasteiger partial charge in [-0.05, 0) is 62.1 Å². The third-order valence-corrected chi connectivity index (χ3v) is 4.14. The van der Waals surface area contributed by atoms with Gasteiger partial charge in [-0.25, -0.2) is 4.98 Å². The number of aromatic nitrogens is 1. The lowest BCUT2D eigenvalue weighted by molar-refractivity contribution is -0.116. The van der Waals surface area contributed by atoms with E-state index in [0.717, 1.165) is 45.5 Å². The molecule has 1 heterocycles. The largest absolute Gasteiger partial charge is 0.436 e. The summed E-state index contributed by atoms with van der Waals surface area (Å²) in [6, 6.07) is 9.90. The van der Waals surface area contributed by atoms with E-state index in [-0.39, 0.29) is 5.91 Å². The topological polar surface area (TPSA) is 55.1 Å². The van der Waals surface area contributed by atoms with Gasteiger partial charge in [0.15, 0.2) is 5.58 Å². The molecule has 4 heteroatoms. The second-order valence-corrected chi connectivity index (χ2v) is 6.23. The smallest absolute Gasteiger partial charge is 0.227 e. The third-order valence-electron chi connectivity index (χ3n) is 4.14. The number of nitrogens with zero attached hydrogens (tertiary/aromatic N) is 1. The van der Waals surface area contributed by atoms with Crippen molar-refractivity contribution in [2.24, 2.45) is 0 Å². The standard InChI is InChI=1S/C20H22N2O2/c1-5-7-18(23)21-16-9-6-8-15(14(16)4)20-22-17-11-12(2)10-13(3)19(17)24-20/h6,8-11H,5,7H2,1-4H3,(H,21,23). The second kappa shape index (κ2) is 6.48. The molecular weight excluding hydrogens is 300 g/mol. The Labute approximate surface area is 141 Å². The molecule has 0 bridgehead atoms. The number of nitrogens with one attached hydrogen (secondary N) is 1. The predicted molar refractivity (Wildman–Crippen MR) is 97.2 cm³/mol. The number of hydrogen-bond acceptors (Lipinski definition) is 3. The Morgan fingerprint density at radius 3 is 2.75 bits per heavy atom. The van der Waals surface area contributed by atoms with E-state index in [1.807, 2.05) is 45.0 Å². The first-order valence-corrected chi connectivity index (χ1v) is 8.27. The van der Waals surface area contributed by atoms with Crippen LogP contribution in [-0.2, 0) is 4.79 Å². The molecule has 1 amide bonds. The van der Waals surface area contributed by atoms with Gasteiger partial charge in [0, 0.05) is 17.7 Å². The number of benzene rings is 2. The van der Waals surface area contributed by atoms with Crippen molar-refractivity contribution in [2.45, 2.75) is 40.5 Å². The average Bonchev–Trinajstić information content (AvgIpc) is 2.93. The van der Waals surface area contributed by atoms with Crippen LogP contribution in [0.1, 0.15) is 36.5 Å². The first-order valence-electron chi connectivity index (χ1n) is 8.27. The normalized spacial score (nSPS) is 11.0. The van der Waals surface area contributed by atoms with Crippen LogP contribution in [0.25, 0.3) is 22.6 Å². The van der Waals surface area contributed by atoms with E-state index in [2.05, 4.69) is 23.3 Å². The maximum atomic E-state index is 11.9. The van der Waals surface area contributed by atoms with Crippen LogP contribution in [-0.4, -0.2) is 10.9 Å².